The molecule has 2 N–H and O–H groups in total. The molecular weight excluding hydrogens is 288 g/mol. The van der Waals surface area contributed by atoms with E-state index in [1.807, 2.05) is 13.8 Å². The van der Waals surface area contributed by atoms with Gasteiger partial charge in [-0.3, -0.25) is 4.99 Å². The highest BCUT2D eigenvalue weighted by molar-refractivity contribution is 5.79. The maximum Gasteiger partial charge on any atom is 0.191 e. The lowest BCUT2D eigenvalue weighted by Gasteiger charge is -2.11. The van der Waals surface area contributed by atoms with E-state index in [4.69, 9.17) is 4.74 Å². The Balaban J connectivity index is 2.40. The van der Waals surface area contributed by atoms with Gasteiger partial charge in [-0.25, -0.2) is 8.78 Å². The smallest absolute Gasteiger partial charge is 0.191 e. The highest BCUT2D eigenvalue weighted by Crippen LogP contribution is 2.09. The molecule has 1 aromatic rings. The van der Waals surface area contributed by atoms with E-state index >= 15 is 0 Å². The quantitative estimate of drug-likeness (QED) is 0.418. The SMILES string of the molecule is CCNC(=NCCCOCC)NCCc1cc(F)ccc1F. The predicted molar refractivity (Wildman–Crippen MR) is 85.2 cm³/mol. The van der Waals surface area contributed by atoms with Gasteiger partial charge in [0, 0.05) is 32.8 Å². The number of halogens is 2. The Kier molecular flexibility index (Phi) is 9.14. The molecule has 22 heavy (non-hydrogen) atoms. The lowest BCUT2D eigenvalue weighted by Crippen LogP contribution is -2.38. The summed E-state index contributed by atoms with van der Waals surface area (Å²) < 4.78 is 31.8. The Morgan fingerprint density at radius 3 is 2.77 bits per heavy atom. The first-order chi connectivity index (χ1) is 10.7. The molecule has 0 aliphatic carbocycles. The molecule has 124 valence electrons. The summed E-state index contributed by atoms with van der Waals surface area (Å²) in [6.07, 6.45) is 1.25. The van der Waals surface area contributed by atoms with Crippen LogP contribution in [0.15, 0.2) is 23.2 Å². The lowest BCUT2D eigenvalue weighted by molar-refractivity contribution is 0.146. The second-order valence-electron chi connectivity index (χ2n) is 4.72. The highest BCUT2D eigenvalue weighted by atomic mass is 19.1. The zero-order valence-electron chi connectivity index (χ0n) is 13.3. The fourth-order valence-corrected chi connectivity index (χ4v) is 1.89. The summed E-state index contributed by atoms with van der Waals surface area (Å²) >= 11 is 0. The van der Waals surface area contributed by atoms with Gasteiger partial charge in [0.2, 0.25) is 0 Å². The van der Waals surface area contributed by atoms with Crippen molar-refractivity contribution in [3.05, 3.63) is 35.4 Å². The zero-order valence-corrected chi connectivity index (χ0v) is 13.3. The number of aliphatic imine (C=N–C) groups is 1. The van der Waals surface area contributed by atoms with Crippen LogP contribution in [0.25, 0.3) is 0 Å². The van der Waals surface area contributed by atoms with E-state index in [9.17, 15) is 8.78 Å². The summed E-state index contributed by atoms with van der Waals surface area (Å²) in [7, 11) is 0. The number of hydrogen-bond acceptors (Lipinski definition) is 2. The molecule has 0 spiro atoms. The average Bonchev–Trinajstić information content (AvgIpc) is 2.50. The average molecular weight is 313 g/mol. The topological polar surface area (TPSA) is 45.7 Å². The van der Waals surface area contributed by atoms with Crippen molar-refractivity contribution in [3.8, 4) is 0 Å². The van der Waals surface area contributed by atoms with Crippen LogP contribution >= 0.6 is 0 Å². The van der Waals surface area contributed by atoms with E-state index < -0.39 is 5.82 Å². The largest absolute Gasteiger partial charge is 0.382 e. The van der Waals surface area contributed by atoms with Crippen molar-refractivity contribution in [2.45, 2.75) is 26.7 Å². The van der Waals surface area contributed by atoms with Crippen LogP contribution in [0.3, 0.4) is 0 Å². The maximum absolute atomic E-state index is 13.5. The number of guanidine groups is 1. The van der Waals surface area contributed by atoms with Gasteiger partial charge < -0.3 is 15.4 Å². The molecule has 6 heteroatoms. The third kappa shape index (κ3) is 7.36. The summed E-state index contributed by atoms with van der Waals surface area (Å²) in [5.41, 5.74) is 0.361. The van der Waals surface area contributed by atoms with Gasteiger partial charge in [-0.2, -0.15) is 0 Å². The van der Waals surface area contributed by atoms with E-state index in [0.29, 0.717) is 44.2 Å². The number of hydrogen-bond donors (Lipinski definition) is 2. The summed E-state index contributed by atoms with van der Waals surface area (Å²) in [5.74, 6) is -0.134. The molecule has 1 rings (SSSR count). The molecule has 0 fully saturated rings. The Morgan fingerprint density at radius 1 is 1.23 bits per heavy atom. The van der Waals surface area contributed by atoms with E-state index in [1.165, 1.54) is 6.07 Å². The van der Waals surface area contributed by atoms with Gasteiger partial charge in [0.05, 0.1) is 0 Å². The summed E-state index contributed by atoms with van der Waals surface area (Å²) in [4.78, 5) is 4.40. The van der Waals surface area contributed by atoms with Crippen LogP contribution in [0.4, 0.5) is 8.78 Å². The molecule has 0 saturated carbocycles. The van der Waals surface area contributed by atoms with Gasteiger partial charge in [-0.15, -0.1) is 0 Å². The normalized spacial score (nSPS) is 11.5. The number of rotatable bonds is 9. The summed E-state index contributed by atoms with van der Waals surface area (Å²) in [6.45, 7) is 7.21. The van der Waals surface area contributed by atoms with Crippen molar-refractivity contribution in [1.82, 2.24) is 10.6 Å². The number of nitrogens with zero attached hydrogens (tertiary/aromatic N) is 1. The van der Waals surface area contributed by atoms with Crippen LogP contribution < -0.4 is 10.6 Å². The van der Waals surface area contributed by atoms with E-state index in [2.05, 4.69) is 15.6 Å². The third-order valence-electron chi connectivity index (χ3n) is 2.96. The number of nitrogens with one attached hydrogen (secondary N) is 2. The Labute approximate surface area is 131 Å². The van der Waals surface area contributed by atoms with E-state index in [0.717, 1.165) is 25.1 Å². The van der Waals surface area contributed by atoms with Crippen LogP contribution in [0.1, 0.15) is 25.8 Å². The van der Waals surface area contributed by atoms with Gasteiger partial charge in [-0.1, -0.05) is 0 Å². The molecule has 0 atom stereocenters. The number of benzene rings is 1. The molecule has 1 aromatic carbocycles. The summed E-state index contributed by atoms with van der Waals surface area (Å²) in [5, 5.41) is 6.23. The molecule has 0 aromatic heterocycles. The van der Waals surface area contributed by atoms with Gasteiger partial charge in [0.1, 0.15) is 11.6 Å². The first-order valence-electron chi connectivity index (χ1n) is 7.71. The molecule has 0 radical (unpaired) electrons. The van der Waals surface area contributed by atoms with Gasteiger partial charge >= 0.3 is 0 Å². The second-order valence-corrected chi connectivity index (χ2v) is 4.72. The van der Waals surface area contributed by atoms with Crippen molar-refractivity contribution >= 4 is 5.96 Å². The first kappa shape index (κ1) is 18.4. The minimum Gasteiger partial charge on any atom is -0.382 e. The molecule has 0 saturated heterocycles. The molecule has 0 aliphatic heterocycles. The lowest BCUT2D eigenvalue weighted by atomic mass is 10.1. The molecule has 0 bridgehead atoms. The predicted octanol–water partition coefficient (Wildman–Crippen LogP) is 2.49. The first-order valence-corrected chi connectivity index (χ1v) is 7.71. The van der Waals surface area contributed by atoms with Crippen molar-refractivity contribution < 1.29 is 13.5 Å². The maximum atomic E-state index is 13.5. The minimum absolute atomic E-state index is 0.361. The van der Waals surface area contributed by atoms with E-state index in [1.54, 1.807) is 0 Å². The molecule has 0 aliphatic rings. The highest BCUT2D eigenvalue weighted by Gasteiger charge is 2.04. The fourth-order valence-electron chi connectivity index (χ4n) is 1.89. The van der Waals surface area contributed by atoms with Crippen LogP contribution in [0.2, 0.25) is 0 Å². The molecule has 0 unspecified atom stereocenters. The van der Waals surface area contributed by atoms with Crippen LogP contribution in [0.5, 0.6) is 0 Å². The van der Waals surface area contributed by atoms with Crippen molar-refractivity contribution in [2.24, 2.45) is 4.99 Å². The number of ether oxygens (including phenoxy) is 1. The minimum atomic E-state index is -0.423. The Morgan fingerprint density at radius 2 is 2.05 bits per heavy atom. The Bertz CT molecular complexity index is 467. The van der Waals surface area contributed by atoms with Crippen LogP contribution in [-0.2, 0) is 11.2 Å². The van der Waals surface area contributed by atoms with Crippen molar-refractivity contribution in [1.29, 1.82) is 0 Å². The van der Waals surface area contributed by atoms with Gasteiger partial charge in [0.15, 0.2) is 5.96 Å². The van der Waals surface area contributed by atoms with Crippen molar-refractivity contribution in [3.63, 3.8) is 0 Å². The van der Waals surface area contributed by atoms with Crippen molar-refractivity contribution in [2.75, 3.05) is 32.8 Å². The van der Waals surface area contributed by atoms with E-state index in [-0.39, 0.29) is 5.82 Å². The monoisotopic (exact) mass is 313 g/mol. The molecular formula is C16H25F2N3O. The van der Waals surface area contributed by atoms with Crippen LogP contribution in [0, 0.1) is 11.6 Å². The van der Waals surface area contributed by atoms with Crippen LogP contribution in [-0.4, -0.2) is 38.8 Å². The Hall–Kier alpha value is -1.69. The molecule has 4 nitrogen and oxygen atoms in total. The standard InChI is InChI=1S/C16H25F2N3O/c1-3-19-16(20-9-5-11-22-4-2)21-10-8-13-12-14(17)6-7-15(13)18/h6-7,12H,3-5,8-11H2,1-2H3,(H2,19,20,21). The molecule has 0 amide bonds. The summed E-state index contributed by atoms with van der Waals surface area (Å²) in [6, 6.07) is 3.50. The second kappa shape index (κ2) is 11.0. The third-order valence-corrected chi connectivity index (χ3v) is 2.96. The fraction of sp³-hybridized carbons (Fsp3) is 0.562. The zero-order chi connectivity index (χ0) is 16.2. The van der Waals surface area contributed by atoms with Gasteiger partial charge in [-0.05, 0) is 50.5 Å². The van der Waals surface area contributed by atoms with Gasteiger partial charge in [0.25, 0.3) is 0 Å². The molecule has 0 heterocycles.